The van der Waals surface area contributed by atoms with Crippen LogP contribution in [0, 0.1) is 5.92 Å². The van der Waals surface area contributed by atoms with E-state index >= 15 is 0 Å². The van der Waals surface area contributed by atoms with Crippen LogP contribution in [0.25, 0.3) is 10.9 Å². The first-order valence-electron chi connectivity index (χ1n) is 9.21. The van der Waals surface area contributed by atoms with E-state index in [2.05, 4.69) is 10.3 Å². The molecule has 0 bridgehead atoms. The number of para-hydroxylation sites is 2. The van der Waals surface area contributed by atoms with Crippen LogP contribution >= 0.6 is 0 Å². The first kappa shape index (κ1) is 17.2. The predicted molar refractivity (Wildman–Crippen MR) is 105 cm³/mol. The maximum atomic E-state index is 13.0. The largest absolute Gasteiger partial charge is 0.339 e. The van der Waals surface area contributed by atoms with Gasteiger partial charge in [0.1, 0.15) is 0 Å². The number of pyridine rings is 1. The first-order chi connectivity index (χ1) is 13.2. The van der Waals surface area contributed by atoms with Crippen molar-refractivity contribution >= 4 is 28.4 Å². The zero-order valence-corrected chi connectivity index (χ0v) is 15.0. The van der Waals surface area contributed by atoms with E-state index in [4.69, 9.17) is 0 Å². The van der Waals surface area contributed by atoms with E-state index < -0.39 is 0 Å². The number of carbonyl (C=O) groups is 2. The lowest BCUT2D eigenvalue weighted by atomic mass is 9.95. The van der Waals surface area contributed by atoms with Crippen molar-refractivity contribution in [2.75, 3.05) is 18.4 Å². The summed E-state index contributed by atoms with van der Waals surface area (Å²) in [4.78, 5) is 31.6. The Morgan fingerprint density at radius 3 is 2.41 bits per heavy atom. The second-order valence-electron chi connectivity index (χ2n) is 6.80. The number of hydrogen-bond donors (Lipinski definition) is 1. The maximum absolute atomic E-state index is 13.0. The van der Waals surface area contributed by atoms with Crippen LogP contribution in [0.3, 0.4) is 0 Å². The van der Waals surface area contributed by atoms with Crippen LogP contribution in [-0.2, 0) is 4.79 Å². The van der Waals surface area contributed by atoms with Gasteiger partial charge in [-0.3, -0.25) is 14.6 Å². The lowest BCUT2D eigenvalue weighted by Crippen LogP contribution is -2.41. The van der Waals surface area contributed by atoms with Gasteiger partial charge in [-0.1, -0.05) is 36.4 Å². The van der Waals surface area contributed by atoms with Gasteiger partial charge < -0.3 is 10.2 Å². The van der Waals surface area contributed by atoms with Gasteiger partial charge in [0, 0.05) is 36.3 Å². The normalized spacial score (nSPS) is 14.9. The maximum Gasteiger partial charge on any atom is 0.254 e. The zero-order valence-electron chi connectivity index (χ0n) is 15.0. The molecule has 1 aliphatic rings. The molecule has 5 nitrogen and oxygen atoms in total. The fourth-order valence-corrected chi connectivity index (χ4v) is 3.56. The van der Waals surface area contributed by atoms with Crippen LogP contribution < -0.4 is 5.32 Å². The Hall–Kier alpha value is -3.21. The number of anilines is 1. The fraction of sp³-hybridized carbons (Fsp3) is 0.227. The highest BCUT2D eigenvalue weighted by Crippen LogP contribution is 2.23. The molecule has 1 aliphatic heterocycles. The Morgan fingerprint density at radius 1 is 0.926 bits per heavy atom. The molecule has 1 fully saturated rings. The Labute approximate surface area is 158 Å². The number of likely N-dealkylation sites (tertiary alicyclic amines) is 1. The highest BCUT2D eigenvalue weighted by Gasteiger charge is 2.28. The lowest BCUT2D eigenvalue weighted by molar-refractivity contribution is -0.121. The monoisotopic (exact) mass is 359 g/mol. The van der Waals surface area contributed by atoms with Gasteiger partial charge in [-0.2, -0.15) is 0 Å². The summed E-state index contributed by atoms with van der Waals surface area (Å²) in [5.41, 5.74) is 2.30. The number of piperidine rings is 1. The van der Waals surface area contributed by atoms with E-state index in [9.17, 15) is 9.59 Å². The van der Waals surface area contributed by atoms with Gasteiger partial charge in [-0.15, -0.1) is 0 Å². The van der Waals surface area contributed by atoms with Gasteiger partial charge in [0.2, 0.25) is 5.91 Å². The number of benzene rings is 2. The number of hydrogen-bond acceptors (Lipinski definition) is 3. The molecule has 136 valence electrons. The molecule has 1 saturated heterocycles. The van der Waals surface area contributed by atoms with E-state index in [0.717, 1.165) is 16.6 Å². The van der Waals surface area contributed by atoms with Gasteiger partial charge >= 0.3 is 0 Å². The molecule has 1 aromatic heterocycles. The van der Waals surface area contributed by atoms with E-state index in [1.165, 1.54) is 0 Å². The molecule has 0 spiro atoms. The van der Waals surface area contributed by atoms with E-state index in [0.29, 0.717) is 31.5 Å². The molecule has 2 amide bonds. The average molecular weight is 359 g/mol. The van der Waals surface area contributed by atoms with Crippen LogP contribution in [0.15, 0.2) is 66.9 Å². The molecule has 2 heterocycles. The van der Waals surface area contributed by atoms with Crippen molar-refractivity contribution in [1.82, 2.24) is 9.88 Å². The molecular weight excluding hydrogens is 338 g/mol. The molecule has 1 N–H and O–H groups in total. The van der Waals surface area contributed by atoms with Crippen molar-refractivity contribution < 1.29 is 9.59 Å². The highest BCUT2D eigenvalue weighted by molar-refractivity contribution is 6.06. The number of rotatable bonds is 3. The van der Waals surface area contributed by atoms with E-state index in [1.54, 1.807) is 12.3 Å². The molecule has 0 aliphatic carbocycles. The minimum atomic E-state index is -0.0663. The Bertz CT molecular complexity index is 958. The summed E-state index contributed by atoms with van der Waals surface area (Å²) in [7, 11) is 0. The van der Waals surface area contributed by atoms with Gasteiger partial charge in [-0.05, 0) is 37.1 Å². The fourth-order valence-electron chi connectivity index (χ4n) is 3.56. The van der Waals surface area contributed by atoms with Gasteiger partial charge in [-0.25, -0.2) is 0 Å². The molecule has 0 saturated carbocycles. The summed E-state index contributed by atoms with van der Waals surface area (Å²) in [6.45, 7) is 1.17. The Balaban J connectivity index is 1.41. The van der Waals surface area contributed by atoms with Gasteiger partial charge in [0.25, 0.3) is 5.91 Å². The molecule has 2 aromatic carbocycles. The topological polar surface area (TPSA) is 62.3 Å². The van der Waals surface area contributed by atoms with Crippen LogP contribution in [0.4, 0.5) is 5.69 Å². The van der Waals surface area contributed by atoms with Crippen molar-refractivity contribution in [2.24, 2.45) is 5.92 Å². The minimum Gasteiger partial charge on any atom is -0.339 e. The zero-order chi connectivity index (χ0) is 18.6. The number of aromatic nitrogens is 1. The van der Waals surface area contributed by atoms with E-state index in [1.807, 2.05) is 59.5 Å². The minimum absolute atomic E-state index is 0.00974. The molecule has 27 heavy (non-hydrogen) atoms. The van der Waals surface area contributed by atoms with Crippen LogP contribution in [0.1, 0.15) is 23.2 Å². The Morgan fingerprint density at radius 2 is 1.63 bits per heavy atom. The quantitative estimate of drug-likeness (QED) is 0.775. The third-order valence-electron chi connectivity index (χ3n) is 5.07. The molecule has 3 aromatic rings. The summed E-state index contributed by atoms with van der Waals surface area (Å²) in [5, 5.41) is 3.83. The second-order valence-corrected chi connectivity index (χ2v) is 6.80. The van der Waals surface area contributed by atoms with Crippen molar-refractivity contribution in [1.29, 1.82) is 0 Å². The van der Waals surface area contributed by atoms with Crippen molar-refractivity contribution in [3.05, 3.63) is 72.4 Å². The standard InChI is InChI=1S/C22H21N3O2/c26-21(24-17-6-2-1-3-7-17)16-11-14-25(15-12-16)22(27)19-10-13-23-20-9-5-4-8-18(19)20/h1-10,13,16H,11-12,14-15H2,(H,24,26). The number of amides is 2. The molecule has 4 rings (SSSR count). The van der Waals surface area contributed by atoms with Crippen LogP contribution in [-0.4, -0.2) is 34.8 Å². The van der Waals surface area contributed by atoms with Crippen molar-refractivity contribution in [2.45, 2.75) is 12.8 Å². The van der Waals surface area contributed by atoms with Gasteiger partial charge in [0.15, 0.2) is 0 Å². The predicted octanol–water partition coefficient (Wildman–Crippen LogP) is 3.73. The SMILES string of the molecule is O=C(Nc1ccccc1)C1CCN(C(=O)c2ccnc3ccccc23)CC1. The third-order valence-corrected chi connectivity index (χ3v) is 5.07. The third kappa shape index (κ3) is 3.67. The number of nitrogens with zero attached hydrogens (tertiary/aromatic N) is 2. The summed E-state index contributed by atoms with van der Waals surface area (Å²) in [5.74, 6) is -0.0263. The molecule has 0 radical (unpaired) electrons. The smallest absolute Gasteiger partial charge is 0.254 e. The van der Waals surface area contributed by atoms with Crippen molar-refractivity contribution in [3.63, 3.8) is 0 Å². The lowest BCUT2D eigenvalue weighted by Gasteiger charge is -2.31. The summed E-state index contributed by atoms with van der Waals surface area (Å²) >= 11 is 0. The number of carbonyl (C=O) groups excluding carboxylic acids is 2. The van der Waals surface area contributed by atoms with Crippen LogP contribution in [0.5, 0.6) is 0 Å². The molecule has 0 unspecified atom stereocenters. The number of fused-ring (bicyclic) bond motifs is 1. The molecule has 5 heteroatoms. The second kappa shape index (κ2) is 7.58. The van der Waals surface area contributed by atoms with Crippen LogP contribution in [0.2, 0.25) is 0 Å². The summed E-state index contributed by atoms with van der Waals surface area (Å²) in [6, 6.07) is 18.9. The summed E-state index contributed by atoms with van der Waals surface area (Å²) in [6.07, 6.45) is 3.02. The number of nitrogens with one attached hydrogen (secondary N) is 1. The molecule has 0 atom stereocenters. The first-order valence-corrected chi connectivity index (χ1v) is 9.21. The Kier molecular flexibility index (Phi) is 4.83. The van der Waals surface area contributed by atoms with E-state index in [-0.39, 0.29) is 17.7 Å². The summed E-state index contributed by atoms with van der Waals surface area (Å²) < 4.78 is 0. The average Bonchev–Trinajstić information content (AvgIpc) is 2.73. The molecular formula is C22H21N3O2. The van der Waals surface area contributed by atoms with Crippen molar-refractivity contribution in [3.8, 4) is 0 Å². The van der Waals surface area contributed by atoms with Gasteiger partial charge in [0.05, 0.1) is 11.1 Å². The highest BCUT2D eigenvalue weighted by atomic mass is 16.2.